The van der Waals surface area contributed by atoms with Crippen molar-refractivity contribution in [1.29, 1.82) is 0 Å². The normalized spacial score (nSPS) is 46.7. The van der Waals surface area contributed by atoms with Crippen LogP contribution in [-0.4, -0.2) is 123 Å². The third kappa shape index (κ3) is 5.53. The van der Waals surface area contributed by atoms with Gasteiger partial charge in [0, 0.05) is 14.5 Å². The maximum atomic E-state index is 10.7. The quantitative estimate of drug-likeness (QED) is 0.184. The molecule has 0 aromatic heterocycles. The van der Waals surface area contributed by atoms with Crippen LogP contribution in [0.25, 0.3) is 0 Å². The number of ether oxygens (including phenoxy) is 3. The molecule has 0 spiro atoms. The topological polar surface area (TPSA) is 190 Å². The third-order valence-corrected chi connectivity index (χ3v) is 7.15. The molecular formula is C17H34O11Si. The van der Waals surface area contributed by atoms with Crippen LogP contribution in [0, 0.1) is 0 Å². The molecule has 12 heteroatoms. The zero-order valence-electron chi connectivity index (χ0n) is 16.8. The summed E-state index contributed by atoms with van der Waals surface area (Å²) >= 11 is 0. The van der Waals surface area contributed by atoms with Crippen molar-refractivity contribution in [3.63, 3.8) is 0 Å². The van der Waals surface area contributed by atoms with E-state index in [0.29, 0.717) is 6.04 Å². The van der Waals surface area contributed by atoms with Crippen LogP contribution >= 0.6 is 0 Å². The van der Waals surface area contributed by atoms with E-state index >= 15 is 0 Å². The average Bonchev–Trinajstić information content (AvgIpc) is 2.66. The molecule has 2 heterocycles. The first-order valence-electron chi connectivity index (χ1n) is 9.68. The van der Waals surface area contributed by atoms with E-state index in [9.17, 15) is 40.9 Å². The Labute approximate surface area is 170 Å². The maximum Gasteiger partial charge on any atom is 0.194 e. The zero-order chi connectivity index (χ0) is 22.1. The van der Waals surface area contributed by atoms with E-state index in [1.54, 1.807) is 0 Å². The minimum Gasteiger partial charge on any atom is -0.394 e. The number of hydrogen-bond donors (Lipinski definition) is 8. The second-order valence-electron chi connectivity index (χ2n) is 8.98. The van der Waals surface area contributed by atoms with Gasteiger partial charge < -0.3 is 55.1 Å². The summed E-state index contributed by atoms with van der Waals surface area (Å²) in [5, 5.41) is 80.5. The molecule has 0 radical (unpaired) electrons. The highest BCUT2D eigenvalue weighted by molar-refractivity contribution is 6.76. The van der Waals surface area contributed by atoms with E-state index in [1.807, 2.05) is 0 Å². The van der Waals surface area contributed by atoms with E-state index in [4.69, 9.17) is 14.2 Å². The molecule has 29 heavy (non-hydrogen) atoms. The lowest BCUT2D eigenvalue weighted by molar-refractivity contribution is -0.383. The fourth-order valence-electron chi connectivity index (χ4n) is 3.47. The molecule has 0 bridgehead atoms. The molecule has 2 aliphatic rings. The van der Waals surface area contributed by atoms with Crippen LogP contribution in [0.4, 0.5) is 0 Å². The maximum absolute atomic E-state index is 10.7. The lowest BCUT2D eigenvalue weighted by Crippen LogP contribution is -2.68. The first-order valence-corrected chi connectivity index (χ1v) is 13.4. The standard InChI is InChI=1S/C17H34O11Si/c1-29(2,3)5-4-17(25)15(24)13(23)14(9(7-19)28-17)27-16-12(22)11(21)10(20)8(6-18)26-16/h8-16,18-25H,4-7H2,1-3H3/t8-,9-,10+,11+,12-,13+,14-,15-,16+,17?/m1/s1. The SMILES string of the molecule is C[Si](C)(C)CCC1(O)O[C@H](CO)[C@@H](O[C@@H]2O[C@H](CO)[C@H](O)[C@H](O)[C@H]2O)[C@H](O)[C@H]1O. The summed E-state index contributed by atoms with van der Waals surface area (Å²) in [6, 6.07) is 0.587. The van der Waals surface area contributed by atoms with Crippen molar-refractivity contribution in [2.45, 2.75) is 93.0 Å². The van der Waals surface area contributed by atoms with Gasteiger partial charge in [0.25, 0.3) is 0 Å². The van der Waals surface area contributed by atoms with Gasteiger partial charge in [0.1, 0.15) is 48.8 Å². The third-order valence-electron chi connectivity index (χ3n) is 5.40. The van der Waals surface area contributed by atoms with Crippen LogP contribution in [0.1, 0.15) is 6.42 Å². The van der Waals surface area contributed by atoms with Crippen LogP contribution in [0.2, 0.25) is 25.7 Å². The van der Waals surface area contributed by atoms with Crippen molar-refractivity contribution in [3.05, 3.63) is 0 Å². The summed E-state index contributed by atoms with van der Waals surface area (Å²) in [7, 11) is -1.61. The number of hydrogen-bond acceptors (Lipinski definition) is 11. The minimum atomic E-state index is -2.09. The second-order valence-corrected chi connectivity index (χ2v) is 14.6. The van der Waals surface area contributed by atoms with Gasteiger partial charge in [0.05, 0.1) is 13.2 Å². The van der Waals surface area contributed by atoms with Gasteiger partial charge in [-0.2, -0.15) is 0 Å². The Balaban J connectivity index is 2.15. The molecule has 11 nitrogen and oxygen atoms in total. The van der Waals surface area contributed by atoms with Gasteiger partial charge in [-0.1, -0.05) is 25.7 Å². The average molecular weight is 443 g/mol. The lowest BCUT2D eigenvalue weighted by atomic mass is 9.90. The Bertz CT molecular complexity index is 528. The molecule has 2 aliphatic heterocycles. The van der Waals surface area contributed by atoms with Gasteiger partial charge in [-0.3, -0.25) is 0 Å². The molecule has 2 saturated heterocycles. The Morgan fingerprint density at radius 2 is 1.45 bits per heavy atom. The van der Waals surface area contributed by atoms with Gasteiger partial charge in [-0.05, 0) is 0 Å². The van der Waals surface area contributed by atoms with E-state index in [0.717, 1.165) is 0 Å². The largest absolute Gasteiger partial charge is 0.394 e. The van der Waals surface area contributed by atoms with Gasteiger partial charge in [-0.25, -0.2) is 0 Å². The van der Waals surface area contributed by atoms with Crippen molar-refractivity contribution in [2.24, 2.45) is 0 Å². The summed E-state index contributed by atoms with van der Waals surface area (Å²) in [5.74, 6) is -2.09. The fraction of sp³-hybridized carbons (Fsp3) is 1.00. The van der Waals surface area contributed by atoms with Crippen LogP contribution in [0.15, 0.2) is 0 Å². The molecule has 1 unspecified atom stereocenters. The van der Waals surface area contributed by atoms with Gasteiger partial charge >= 0.3 is 0 Å². The predicted octanol–water partition coefficient (Wildman–Crippen LogP) is -3.30. The predicted molar refractivity (Wildman–Crippen MR) is 100 cm³/mol. The second kappa shape index (κ2) is 9.50. The summed E-state index contributed by atoms with van der Waals surface area (Å²) in [5.41, 5.74) is 0. The first-order chi connectivity index (χ1) is 13.3. The molecular weight excluding hydrogens is 408 g/mol. The van der Waals surface area contributed by atoms with E-state index in [1.165, 1.54) is 0 Å². The van der Waals surface area contributed by atoms with E-state index in [-0.39, 0.29) is 6.42 Å². The Morgan fingerprint density at radius 1 is 0.862 bits per heavy atom. The number of rotatable bonds is 7. The molecule has 2 rings (SSSR count). The number of aliphatic hydroxyl groups is 8. The Kier molecular flexibility index (Phi) is 8.21. The van der Waals surface area contributed by atoms with Crippen LogP contribution in [0.5, 0.6) is 0 Å². The smallest absolute Gasteiger partial charge is 0.194 e. The molecule has 172 valence electrons. The highest BCUT2D eigenvalue weighted by Crippen LogP contribution is 2.36. The highest BCUT2D eigenvalue weighted by Gasteiger charge is 2.55. The summed E-state index contributed by atoms with van der Waals surface area (Å²) in [6.45, 7) is 4.85. The molecule has 0 aromatic carbocycles. The molecule has 0 aliphatic carbocycles. The Morgan fingerprint density at radius 3 is 1.97 bits per heavy atom. The molecule has 0 amide bonds. The summed E-state index contributed by atoms with van der Waals surface area (Å²) < 4.78 is 16.2. The van der Waals surface area contributed by atoms with Crippen LogP contribution in [-0.2, 0) is 14.2 Å². The van der Waals surface area contributed by atoms with E-state index in [2.05, 4.69) is 19.6 Å². The van der Waals surface area contributed by atoms with Crippen LogP contribution < -0.4 is 0 Å². The number of aliphatic hydroxyl groups excluding tert-OH is 7. The first kappa shape index (κ1) is 25.0. The van der Waals surface area contributed by atoms with Gasteiger partial charge in [-0.15, -0.1) is 0 Å². The molecule has 0 aromatic rings. The Hall–Kier alpha value is -0.223. The van der Waals surface area contributed by atoms with Crippen molar-refractivity contribution in [1.82, 2.24) is 0 Å². The minimum absolute atomic E-state index is 0.0458. The lowest BCUT2D eigenvalue weighted by Gasteiger charge is -2.49. The highest BCUT2D eigenvalue weighted by atomic mass is 28.3. The summed E-state index contributed by atoms with van der Waals surface area (Å²) in [4.78, 5) is 0. The van der Waals surface area contributed by atoms with Crippen molar-refractivity contribution >= 4 is 8.07 Å². The monoisotopic (exact) mass is 442 g/mol. The van der Waals surface area contributed by atoms with Gasteiger partial charge in [0.15, 0.2) is 12.1 Å². The zero-order valence-corrected chi connectivity index (χ0v) is 17.8. The molecule has 2 fully saturated rings. The molecule has 10 atom stereocenters. The van der Waals surface area contributed by atoms with Crippen molar-refractivity contribution < 1.29 is 55.1 Å². The van der Waals surface area contributed by atoms with E-state index < -0.39 is 82.2 Å². The molecule has 0 saturated carbocycles. The summed E-state index contributed by atoms with van der Waals surface area (Å²) in [6.07, 6.45) is -14.0. The fourth-order valence-corrected chi connectivity index (χ4v) is 4.58. The van der Waals surface area contributed by atoms with Gasteiger partial charge in [0.2, 0.25) is 0 Å². The van der Waals surface area contributed by atoms with Crippen LogP contribution in [0.3, 0.4) is 0 Å². The molecule has 8 N–H and O–H groups in total. The van der Waals surface area contributed by atoms with Crippen molar-refractivity contribution in [3.8, 4) is 0 Å². The van der Waals surface area contributed by atoms with Crippen molar-refractivity contribution in [2.75, 3.05) is 13.2 Å².